The number of nitrogens with two attached hydrogens (primary N) is 1. The van der Waals surface area contributed by atoms with Crippen LogP contribution in [0, 0.1) is 11.6 Å². The van der Waals surface area contributed by atoms with Crippen molar-refractivity contribution in [2.24, 2.45) is 0 Å². The van der Waals surface area contributed by atoms with Crippen LogP contribution < -0.4 is 11.1 Å². The number of benzene rings is 1. The monoisotopic (exact) mass is 299 g/mol. The fraction of sp³-hybridized carbons (Fsp3) is 0. The molecule has 1 aromatic carbocycles. The number of hydrogen-bond donors (Lipinski definition) is 2. The van der Waals surface area contributed by atoms with E-state index in [1.807, 2.05) is 0 Å². The summed E-state index contributed by atoms with van der Waals surface area (Å²) in [6, 6.07) is 3.62. The van der Waals surface area contributed by atoms with Crippen LogP contribution in [0.25, 0.3) is 0 Å². The first-order chi connectivity index (χ1) is 8.09. The van der Waals surface area contributed by atoms with E-state index < -0.39 is 11.6 Å². The molecule has 3 nitrogen and oxygen atoms in total. The predicted octanol–water partition coefficient (Wildman–Crippen LogP) is 3.45. The molecule has 0 bridgehead atoms. The highest BCUT2D eigenvalue weighted by atomic mass is 79.9. The summed E-state index contributed by atoms with van der Waals surface area (Å²) in [6.07, 6.45) is 2.88. The van der Waals surface area contributed by atoms with Crippen LogP contribution in [0.15, 0.2) is 35.1 Å². The molecule has 0 atom stereocenters. The quantitative estimate of drug-likeness (QED) is 0.893. The molecule has 6 heteroatoms. The number of rotatable bonds is 2. The Bertz CT molecular complexity index is 470. The van der Waals surface area contributed by atoms with Crippen LogP contribution in [0.4, 0.5) is 25.8 Å². The highest BCUT2D eigenvalue weighted by Gasteiger charge is 2.12. The van der Waals surface area contributed by atoms with Crippen molar-refractivity contribution in [3.05, 3.63) is 46.7 Å². The van der Waals surface area contributed by atoms with E-state index in [-0.39, 0.29) is 5.69 Å². The minimum absolute atomic E-state index is 0.244. The van der Waals surface area contributed by atoms with E-state index in [9.17, 15) is 8.78 Å². The van der Waals surface area contributed by atoms with Gasteiger partial charge < -0.3 is 11.1 Å². The Hall–Kier alpha value is -1.69. The number of halogens is 3. The van der Waals surface area contributed by atoms with Crippen LogP contribution in [0.2, 0.25) is 0 Å². The van der Waals surface area contributed by atoms with Crippen molar-refractivity contribution in [1.29, 1.82) is 0 Å². The van der Waals surface area contributed by atoms with E-state index >= 15 is 0 Å². The van der Waals surface area contributed by atoms with E-state index in [2.05, 4.69) is 26.2 Å². The van der Waals surface area contributed by atoms with Gasteiger partial charge in [0.25, 0.3) is 0 Å². The molecule has 2 rings (SSSR count). The van der Waals surface area contributed by atoms with Gasteiger partial charge in [-0.1, -0.05) is 6.07 Å². The maximum absolute atomic E-state index is 13.4. The SMILES string of the molecule is Nc1cncc(Br)c1Nc1c(F)cccc1F. The molecule has 88 valence electrons. The van der Waals surface area contributed by atoms with Crippen LogP contribution in [0.1, 0.15) is 0 Å². The molecule has 0 aliphatic heterocycles. The van der Waals surface area contributed by atoms with Gasteiger partial charge in [0.1, 0.15) is 17.3 Å². The van der Waals surface area contributed by atoms with E-state index in [0.717, 1.165) is 12.1 Å². The Kier molecular flexibility index (Phi) is 3.23. The highest BCUT2D eigenvalue weighted by molar-refractivity contribution is 9.10. The van der Waals surface area contributed by atoms with Gasteiger partial charge in [-0.2, -0.15) is 0 Å². The summed E-state index contributed by atoms with van der Waals surface area (Å²) < 4.78 is 27.4. The Morgan fingerprint density at radius 3 is 2.35 bits per heavy atom. The van der Waals surface area contributed by atoms with Crippen molar-refractivity contribution < 1.29 is 8.78 Å². The highest BCUT2D eigenvalue weighted by Crippen LogP contribution is 2.32. The molecule has 2 aromatic rings. The smallest absolute Gasteiger partial charge is 0.149 e. The first-order valence-corrected chi connectivity index (χ1v) is 5.49. The first kappa shape index (κ1) is 11.8. The Morgan fingerprint density at radius 2 is 1.76 bits per heavy atom. The minimum Gasteiger partial charge on any atom is -0.396 e. The minimum atomic E-state index is -0.687. The van der Waals surface area contributed by atoms with Gasteiger partial charge in [-0.25, -0.2) is 8.78 Å². The number of hydrogen-bond acceptors (Lipinski definition) is 3. The summed E-state index contributed by atoms with van der Waals surface area (Å²) in [6.45, 7) is 0. The van der Waals surface area contributed by atoms with Crippen molar-refractivity contribution in [3.63, 3.8) is 0 Å². The lowest BCUT2D eigenvalue weighted by molar-refractivity contribution is 0.591. The Labute approximate surface area is 105 Å². The molecule has 0 radical (unpaired) electrons. The van der Waals surface area contributed by atoms with Gasteiger partial charge in [-0.05, 0) is 28.1 Å². The third-order valence-electron chi connectivity index (χ3n) is 2.14. The lowest BCUT2D eigenvalue weighted by Gasteiger charge is -2.12. The largest absolute Gasteiger partial charge is 0.396 e. The van der Waals surface area contributed by atoms with Crippen LogP contribution in [-0.4, -0.2) is 4.98 Å². The molecule has 1 heterocycles. The maximum Gasteiger partial charge on any atom is 0.149 e. The number of nitrogen functional groups attached to an aromatic ring is 1. The molecule has 3 N–H and O–H groups in total. The summed E-state index contributed by atoms with van der Waals surface area (Å²) in [5.41, 5.74) is 6.10. The summed E-state index contributed by atoms with van der Waals surface area (Å²) in [7, 11) is 0. The fourth-order valence-electron chi connectivity index (χ4n) is 1.32. The van der Waals surface area contributed by atoms with E-state index in [4.69, 9.17) is 5.73 Å². The molecule has 0 saturated heterocycles. The van der Waals surface area contributed by atoms with E-state index in [0.29, 0.717) is 15.8 Å². The van der Waals surface area contributed by atoms with Crippen LogP contribution in [0.5, 0.6) is 0 Å². The van der Waals surface area contributed by atoms with Gasteiger partial charge in [0.15, 0.2) is 0 Å². The van der Waals surface area contributed by atoms with Crippen molar-refractivity contribution in [2.75, 3.05) is 11.1 Å². The Balaban J connectivity index is 2.45. The van der Waals surface area contributed by atoms with Gasteiger partial charge in [0, 0.05) is 6.20 Å². The van der Waals surface area contributed by atoms with Crippen molar-refractivity contribution in [3.8, 4) is 0 Å². The maximum atomic E-state index is 13.4. The van der Waals surface area contributed by atoms with Crippen molar-refractivity contribution in [1.82, 2.24) is 4.98 Å². The van der Waals surface area contributed by atoms with Gasteiger partial charge in [-0.3, -0.25) is 4.98 Å². The standard InChI is InChI=1S/C11H8BrF2N3/c12-6-4-16-5-9(15)10(6)17-11-7(13)2-1-3-8(11)14/h1-5H,15H2,(H,16,17). The predicted molar refractivity (Wildman–Crippen MR) is 66.0 cm³/mol. The second-order valence-corrected chi connectivity index (χ2v) is 4.16. The van der Waals surface area contributed by atoms with Crippen LogP contribution in [0.3, 0.4) is 0 Å². The third-order valence-corrected chi connectivity index (χ3v) is 2.74. The fourth-order valence-corrected chi connectivity index (χ4v) is 1.77. The number of aromatic nitrogens is 1. The number of pyridine rings is 1. The first-order valence-electron chi connectivity index (χ1n) is 4.69. The molecule has 0 unspecified atom stereocenters. The van der Waals surface area contributed by atoms with Crippen LogP contribution >= 0.6 is 15.9 Å². The summed E-state index contributed by atoms with van der Waals surface area (Å²) in [5.74, 6) is -1.37. The lowest BCUT2D eigenvalue weighted by Crippen LogP contribution is -2.01. The second kappa shape index (κ2) is 4.67. The van der Waals surface area contributed by atoms with Gasteiger partial charge in [0.2, 0.25) is 0 Å². The van der Waals surface area contributed by atoms with E-state index in [1.165, 1.54) is 18.5 Å². The van der Waals surface area contributed by atoms with Gasteiger partial charge in [-0.15, -0.1) is 0 Å². The Morgan fingerprint density at radius 1 is 1.12 bits per heavy atom. The number of nitrogens with zero attached hydrogens (tertiary/aromatic N) is 1. The average molecular weight is 300 g/mol. The zero-order valence-electron chi connectivity index (χ0n) is 8.55. The second-order valence-electron chi connectivity index (χ2n) is 3.31. The topological polar surface area (TPSA) is 50.9 Å². The molecular formula is C11H8BrF2N3. The van der Waals surface area contributed by atoms with E-state index in [1.54, 1.807) is 0 Å². The average Bonchev–Trinajstić information content (AvgIpc) is 2.27. The molecule has 17 heavy (non-hydrogen) atoms. The lowest BCUT2D eigenvalue weighted by atomic mass is 10.2. The molecular weight excluding hydrogens is 292 g/mol. The molecule has 0 spiro atoms. The molecule has 1 aromatic heterocycles. The zero-order valence-corrected chi connectivity index (χ0v) is 10.1. The third kappa shape index (κ3) is 2.36. The summed E-state index contributed by atoms with van der Waals surface area (Å²) in [4.78, 5) is 3.83. The molecule has 0 fully saturated rings. The molecule has 0 aliphatic carbocycles. The molecule has 0 amide bonds. The number of para-hydroxylation sites is 1. The van der Waals surface area contributed by atoms with Gasteiger partial charge in [0.05, 0.1) is 22.0 Å². The number of nitrogens with one attached hydrogen (secondary N) is 1. The zero-order chi connectivity index (χ0) is 12.4. The van der Waals surface area contributed by atoms with Crippen LogP contribution in [-0.2, 0) is 0 Å². The van der Waals surface area contributed by atoms with Crippen molar-refractivity contribution in [2.45, 2.75) is 0 Å². The molecule has 0 aliphatic rings. The molecule has 0 saturated carbocycles. The summed E-state index contributed by atoms with van der Waals surface area (Å²) >= 11 is 3.20. The number of anilines is 3. The summed E-state index contributed by atoms with van der Waals surface area (Å²) in [5, 5.41) is 2.62. The van der Waals surface area contributed by atoms with Crippen molar-refractivity contribution >= 4 is 33.0 Å². The normalized spacial score (nSPS) is 10.3. The van der Waals surface area contributed by atoms with Gasteiger partial charge >= 0.3 is 0 Å².